The fourth-order valence-electron chi connectivity index (χ4n) is 13.6. The normalized spacial score (nSPS) is 48.2. The van der Waals surface area contributed by atoms with Crippen molar-refractivity contribution in [2.75, 3.05) is 6.61 Å². The highest BCUT2D eigenvalue weighted by Gasteiger charge is 2.79. The van der Waals surface area contributed by atoms with E-state index >= 15 is 0 Å². The first-order valence-corrected chi connectivity index (χ1v) is 23.2. The lowest BCUT2D eigenvalue weighted by Crippen LogP contribution is -2.64. The van der Waals surface area contributed by atoms with Crippen LogP contribution in [-0.4, -0.2) is 136 Å². The number of hydrogen-bond acceptors (Lipinski definition) is 17. The van der Waals surface area contributed by atoms with Crippen molar-refractivity contribution in [3.63, 3.8) is 0 Å². The average molecular weight is 888 g/mol. The first-order chi connectivity index (χ1) is 28.1. The molecule has 18 heteroatoms. The highest BCUT2D eigenvalue weighted by molar-refractivity contribution is 7.80. The molecule has 0 radical (unpaired) electrons. The number of aliphatic hydroxyl groups excluding tert-OH is 5. The molecule has 3 heterocycles. The number of carbonyl (C=O) groups excluding carboxylic acids is 2. The number of cyclic esters (lactones) is 1. The maximum absolute atomic E-state index is 14.4. The molecule has 3 saturated carbocycles. The Morgan fingerprint density at radius 2 is 1.61 bits per heavy atom. The molecule has 348 valence electrons. The second-order valence-electron chi connectivity index (χ2n) is 21.0. The molecule has 3 aliphatic heterocycles. The zero-order valence-corrected chi connectivity index (χ0v) is 37.6. The van der Waals surface area contributed by atoms with Gasteiger partial charge in [-0.05, 0) is 114 Å². The molecule has 0 amide bonds. The van der Waals surface area contributed by atoms with Crippen molar-refractivity contribution in [2.45, 2.75) is 199 Å². The van der Waals surface area contributed by atoms with Crippen molar-refractivity contribution in [1.29, 1.82) is 0 Å². The van der Waals surface area contributed by atoms with Gasteiger partial charge in [-0.25, -0.2) is 8.42 Å². The van der Waals surface area contributed by atoms with Crippen LogP contribution in [0.1, 0.15) is 120 Å². The molecule has 1 spiro atoms. The second kappa shape index (κ2) is 16.0. The van der Waals surface area contributed by atoms with Crippen LogP contribution >= 0.6 is 0 Å². The van der Waals surface area contributed by atoms with Crippen LogP contribution in [-0.2, 0) is 52.6 Å². The van der Waals surface area contributed by atoms with E-state index in [2.05, 4.69) is 31.9 Å². The Morgan fingerprint density at radius 1 is 0.918 bits per heavy atom. The SMILES string of the molecule is CC(=O)OC(C)(C)CCC[C@]1(C)OC(=O)[C@]23[C@@H](O)C=C4[C@@H](CC[C@H]5C(C)(C)[C@@H](O[C@@H]6OC[C@@H](OS(=O)(=O)[O-])[C@H](O)[C@H]6O[C@@H]6O[C@H](C)[C@@H](O)[C@H](O)[C@H]6O)CC[C@]45C)[C@]2(C)CC[C@@H]31. The van der Waals surface area contributed by atoms with Gasteiger partial charge in [0, 0.05) is 12.8 Å². The predicted octanol–water partition coefficient (Wildman–Crippen LogP) is 2.53. The summed E-state index contributed by atoms with van der Waals surface area (Å²) in [4.78, 5) is 26.1. The third-order valence-corrected chi connectivity index (χ3v) is 17.0. The number of aliphatic hydroxyl groups is 5. The minimum absolute atomic E-state index is 0.00947. The van der Waals surface area contributed by atoms with Crippen LogP contribution in [0.2, 0.25) is 0 Å². The van der Waals surface area contributed by atoms with Crippen LogP contribution in [0.25, 0.3) is 0 Å². The lowest BCUT2D eigenvalue weighted by Gasteiger charge is -2.64. The number of esters is 2. The molecule has 18 atom stereocenters. The Balaban J connectivity index is 1.12. The van der Waals surface area contributed by atoms with E-state index in [1.165, 1.54) is 13.8 Å². The van der Waals surface area contributed by atoms with Gasteiger partial charge in [-0.15, -0.1) is 0 Å². The molecular weight excluding hydrogens is 821 g/mol. The summed E-state index contributed by atoms with van der Waals surface area (Å²) in [5.74, 6) is -0.870. The summed E-state index contributed by atoms with van der Waals surface area (Å²) in [6.45, 7) is 16.6. The predicted molar refractivity (Wildman–Crippen MR) is 211 cm³/mol. The van der Waals surface area contributed by atoms with E-state index in [0.717, 1.165) is 31.3 Å². The Hall–Kier alpha value is -1.81. The van der Waals surface area contributed by atoms with E-state index in [1.807, 2.05) is 26.8 Å². The zero-order valence-electron chi connectivity index (χ0n) is 36.8. The van der Waals surface area contributed by atoms with Gasteiger partial charge in [0.25, 0.3) is 0 Å². The van der Waals surface area contributed by atoms with Crippen molar-refractivity contribution in [3.8, 4) is 0 Å². The molecule has 0 bridgehead atoms. The van der Waals surface area contributed by atoms with Crippen molar-refractivity contribution < 1.29 is 80.7 Å². The van der Waals surface area contributed by atoms with E-state index in [9.17, 15) is 48.1 Å². The summed E-state index contributed by atoms with van der Waals surface area (Å²) in [5.41, 5.74) is -2.96. The molecule has 4 aliphatic carbocycles. The maximum atomic E-state index is 14.4. The second-order valence-corrected chi connectivity index (χ2v) is 22.0. The molecule has 17 nitrogen and oxygen atoms in total. The van der Waals surface area contributed by atoms with Crippen LogP contribution in [0.5, 0.6) is 0 Å². The summed E-state index contributed by atoms with van der Waals surface area (Å²) >= 11 is 0. The summed E-state index contributed by atoms with van der Waals surface area (Å²) in [6.07, 6.45) is -7.56. The van der Waals surface area contributed by atoms with Crippen molar-refractivity contribution in [2.24, 2.45) is 39.4 Å². The average Bonchev–Trinajstić information content (AvgIpc) is 3.60. The quantitative estimate of drug-likeness (QED) is 0.0657. The fourth-order valence-corrected chi connectivity index (χ4v) is 14.1. The van der Waals surface area contributed by atoms with Gasteiger partial charge in [0.05, 0.1) is 24.9 Å². The Morgan fingerprint density at radius 3 is 2.26 bits per heavy atom. The smallest absolute Gasteiger partial charge is 0.316 e. The molecule has 0 unspecified atom stereocenters. The third-order valence-electron chi connectivity index (χ3n) is 16.5. The number of allylic oxidation sites excluding steroid dienone is 1. The van der Waals surface area contributed by atoms with Crippen LogP contribution in [0.3, 0.4) is 0 Å². The highest BCUT2D eigenvalue weighted by Crippen LogP contribution is 2.76. The Labute approximate surface area is 358 Å². The van der Waals surface area contributed by atoms with E-state index in [1.54, 1.807) is 0 Å². The lowest BCUT2D eigenvalue weighted by molar-refractivity contribution is -0.362. The Bertz CT molecular complexity index is 1840. The molecule has 5 N–H and O–H groups in total. The highest BCUT2D eigenvalue weighted by atomic mass is 32.3. The maximum Gasteiger partial charge on any atom is 0.316 e. The minimum atomic E-state index is -5.28. The van der Waals surface area contributed by atoms with Crippen LogP contribution < -0.4 is 0 Å². The molecule has 0 aromatic carbocycles. The van der Waals surface area contributed by atoms with Crippen molar-refractivity contribution in [3.05, 3.63) is 11.6 Å². The summed E-state index contributed by atoms with van der Waals surface area (Å²) in [5, 5.41) is 55.2. The third kappa shape index (κ3) is 7.73. The molecule has 0 aromatic heterocycles. The van der Waals surface area contributed by atoms with Gasteiger partial charge < -0.3 is 58.5 Å². The summed E-state index contributed by atoms with van der Waals surface area (Å²) in [7, 11) is -5.28. The van der Waals surface area contributed by atoms with Gasteiger partial charge in [0.1, 0.15) is 53.2 Å². The van der Waals surface area contributed by atoms with Gasteiger partial charge in [-0.1, -0.05) is 39.3 Å². The zero-order chi connectivity index (χ0) is 45.0. The van der Waals surface area contributed by atoms with Crippen LogP contribution in [0.4, 0.5) is 0 Å². The van der Waals surface area contributed by atoms with Crippen LogP contribution in [0, 0.1) is 39.4 Å². The van der Waals surface area contributed by atoms with Crippen molar-refractivity contribution in [1.82, 2.24) is 0 Å². The number of carbonyl (C=O) groups is 2. The number of fused-ring (bicyclic) bond motifs is 4. The molecule has 7 aliphatic rings. The topological polar surface area (TPSA) is 257 Å². The van der Waals surface area contributed by atoms with Gasteiger partial charge in [0.2, 0.25) is 10.4 Å². The van der Waals surface area contributed by atoms with Crippen LogP contribution in [0.15, 0.2) is 11.6 Å². The molecule has 6 fully saturated rings. The first kappa shape index (κ1) is 47.2. The summed E-state index contributed by atoms with van der Waals surface area (Å²) in [6, 6.07) is 0. The minimum Gasteiger partial charge on any atom is -0.726 e. The van der Waals surface area contributed by atoms with E-state index < -0.39 is 117 Å². The van der Waals surface area contributed by atoms with Crippen molar-refractivity contribution >= 4 is 22.3 Å². The first-order valence-electron chi connectivity index (χ1n) is 21.9. The molecule has 7 rings (SSSR count). The number of hydrogen-bond donors (Lipinski definition) is 5. The Kier molecular flexibility index (Phi) is 12.3. The number of rotatable bonds is 11. The van der Waals surface area contributed by atoms with Gasteiger partial charge in [-0.2, -0.15) is 0 Å². The molecular formula is C43H67O17S-. The van der Waals surface area contributed by atoms with E-state index in [4.69, 9.17) is 28.4 Å². The standard InChI is InChI=1S/C43H68O17S/c1-21-30(46)32(48)33(49)35(55-21)57-34-31(47)25(60-61(51,52)53)20-54-36(34)56-29-14-17-40(7)24-19-28(45)43-27(13-18-41(43,8)23(24)11-12-26(40)39(29,5)6)42(9,59-37(43)50)16-10-15-38(3,4)58-22(2)44/h19,21,23,25-36,45-49H,10-18,20H2,1-9H3,(H,51,52,53)/p-1/t21-,23-,25-,26+,27-,28+,29+,30-,31+,32+,33-,34-,35+,36+,40-,41+,42+,43+/m1/s1. The largest absolute Gasteiger partial charge is 0.726 e. The van der Waals surface area contributed by atoms with E-state index in [-0.39, 0.29) is 29.7 Å². The monoisotopic (exact) mass is 887 g/mol. The molecule has 61 heavy (non-hydrogen) atoms. The van der Waals surface area contributed by atoms with Gasteiger partial charge in [-0.3, -0.25) is 13.8 Å². The van der Waals surface area contributed by atoms with E-state index in [0.29, 0.717) is 32.1 Å². The van der Waals surface area contributed by atoms with Gasteiger partial charge in [0.15, 0.2) is 12.6 Å². The van der Waals surface area contributed by atoms with Gasteiger partial charge >= 0.3 is 11.9 Å². The fraction of sp³-hybridized carbons (Fsp3) is 0.907. The molecule has 3 saturated heterocycles. The number of ether oxygens (including phenoxy) is 6. The molecule has 0 aromatic rings. The lowest BCUT2D eigenvalue weighted by atomic mass is 9.40. The summed E-state index contributed by atoms with van der Waals surface area (Å²) < 4.78 is 75.3.